The molecule has 82 valence electrons. The first-order chi connectivity index (χ1) is 7.15. The summed E-state index contributed by atoms with van der Waals surface area (Å²) in [5, 5.41) is 0. The van der Waals surface area contributed by atoms with Crippen molar-refractivity contribution in [3.8, 4) is 0 Å². The van der Waals surface area contributed by atoms with Gasteiger partial charge in [-0.1, -0.05) is 15.9 Å². The predicted octanol–water partition coefficient (Wildman–Crippen LogP) is 2.12. The molecule has 15 heavy (non-hydrogen) atoms. The van der Waals surface area contributed by atoms with Crippen molar-refractivity contribution in [2.75, 3.05) is 13.1 Å². The molecular formula is C11H14BrFN2. The smallest absolute Gasteiger partial charge is 0.123 e. The van der Waals surface area contributed by atoms with Gasteiger partial charge in [0.05, 0.1) is 0 Å². The molecule has 2 nitrogen and oxygen atoms in total. The fraction of sp³-hybridized carbons (Fsp3) is 0.455. The first kappa shape index (κ1) is 11.0. The Labute approximate surface area is 97.4 Å². The van der Waals surface area contributed by atoms with Gasteiger partial charge in [0.1, 0.15) is 5.82 Å². The van der Waals surface area contributed by atoms with E-state index in [0.29, 0.717) is 0 Å². The van der Waals surface area contributed by atoms with Gasteiger partial charge in [0.25, 0.3) is 0 Å². The number of benzene rings is 1. The zero-order valence-electron chi connectivity index (χ0n) is 8.42. The number of rotatable bonds is 2. The lowest BCUT2D eigenvalue weighted by atomic mass is 10.2. The molecule has 0 amide bonds. The van der Waals surface area contributed by atoms with Crippen molar-refractivity contribution in [3.05, 3.63) is 34.1 Å². The van der Waals surface area contributed by atoms with Gasteiger partial charge in [0.2, 0.25) is 0 Å². The maximum absolute atomic E-state index is 13.0. The van der Waals surface area contributed by atoms with Crippen LogP contribution in [0.15, 0.2) is 22.7 Å². The van der Waals surface area contributed by atoms with Gasteiger partial charge >= 0.3 is 0 Å². The third-order valence-electron chi connectivity index (χ3n) is 2.71. The summed E-state index contributed by atoms with van der Waals surface area (Å²) in [7, 11) is 0. The molecule has 4 heteroatoms. The fourth-order valence-electron chi connectivity index (χ4n) is 1.91. The molecule has 0 aromatic heterocycles. The first-order valence-corrected chi connectivity index (χ1v) is 5.86. The van der Waals surface area contributed by atoms with Gasteiger partial charge in [0, 0.05) is 30.1 Å². The van der Waals surface area contributed by atoms with Gasteiger partial charge in [-0.25, -0.2) is 4.39 Å². The van der Waals surface area contributed by atoms with E-state index in [0.717, 1.165) is 36.1 Å². The molecule has 1 atom stereocenters. The van der Waals surface area contributed by atoms with Crippen LogP contribution in [0.4, 0.5) is 4.39 Å². The zero-order chi connectivity index (χ0) is 10.8. The number of nitrogens with two attached hydrogens (primary N) is 1. The Hall–Kier alpha value is -0.450. The molecule has 1 aliphatic rings. The highest BCUT2D eigenvalue weighted by atomic mass is 79.9. The summed E-state index contributed by atoms with van der Waals surface area (Å²) in [5.41, 5.74) is 6.81. The Kier molecular flexibility index (Phi) is 3.38. The van der Waals surface area contributed by atoms with Crippen molar-refractivity contribution in [1.82, 2.24) is 4.90 Å². The van der Waals surface area contributed by atoms with E-state index < -0.39 is 0 Å². The number of hydrogen-bond acceptors (Lipinski definition) is 2. The van der Waals surface area contributed by atoms with E-state index in [1.54, 1.807) is 12.1 Å². The number of likely N-dealkylation sites (tertiary alicyclic amines) is 1. The van der Waals surface area contributed by atoms with E-state index >= 15 is 0 Å². The van der Waals surface area contributed by atoms with Crippen LogP contribution >= 0.6 is 15.9 Å². The van der Waals surface area contributed by atoms with Crippen LogP contribution in [0.2, 0.25) is 0 Å². The van der Waals surface area contributed by atoms with Gasteiger partial charge in [-0.2, -0.15) is 0 Å². The SMILES string of the molecule is N[C@H]1CCN(Cc2cc(F)ccc2Br)C1. The molecule has 1 heterocycles. The third-order valence-corrected chi connectivity index (χ3v) is 3.48. The summed E-state index contributed by atoms with van der Waals surface area (Å²) in [4.78, 5) is 2.25. The molecule has 0 radical (unpaired) electrons. The van der Waals surface area contributed by atoms with Crippen LogP contribution in [0.3, 0.4) is 0 Å². The monoisotopic (exact) mass is 272 g/mol. The van der Waals surface area contributed by atoms with E-state index in [1.165, 1.54) is 6.07 Å². The van der Waals surface area contributed by atoms with Crippen LogP contribution in [0.25, 0.3) is 0 Å². The molecule has 0 unspecified atom stereocenters. The molecule has 2 N–H and O–H groups in total. The highest BCUT2D eigenvalue weighted by Crippen LogP contribution is 2.21. The standard InChI is InChI=1S/C11H14BrFN2/c12-11-2-1-9(13)5-8(11)6-15-4-3-10(14)7-15/h1-2,5,10H,3-4,6-7,14H2/t10-/m0/s1. The minimum atomic E-state index is -0.184. The van der Waals surface area contributed by atoms with Crippen LogP contribution in [-0.4, -0.2) is 24.0 Å². The summed E-state index contributed by atoms with van der Waals surface area (Å²) >= 11 is 3.43. The van der Waals surface area contributed by atoms with Crippen molar-refractivity contribution in [2.45, 2.75) is 19.0 Å². The van der Waals surface area contributed by atoms with E-state index in [-0.39, 0.29) is 11.9 Å². The second-order valence-electron chi connectivity index (χ2n) is 4.02. The number of hydrogen-bond donors (Lipinski definition) is 1. The lowest BCUT2D eigenvalue weighted by Gasteiger charge is -2.16. The molecule has 1 aliphatic heterocycles. The molecule has 1 aromatic rings. The summed E-state index contributed by atoms with van der Waals surface area (Å²) in [6, 6.07) is 5.06. The fourth-order valence-corrected chi connectivity index (χ4v) is 2.28. The van der Waals surface area contributed by atoms with Gasteiger partial charge in [-0.3, -0.25) is 4.90 Å². The molecule has 2 rings (SSSR count). The number of halogens is 2. The Morgan fingerprint density at radius 1 is 1.53 bits per heavy atom. The second-order valence-corrected chi connectivity index (χ2v) is 4.87. The topological polar surface area (TPSA) is 29.3 Å². The first-order valence-electron chi connectivity index (χ1n) is 5.07. The van der Waals surface area contributed by atoms with Gasteiger partial charge < -0.3 is 5.73 Å². The minimum Gasteiger partial charge on any atom is -0.326 e. The molecule has 0 bridgehead atoms. The summed E-state index contributed by atoms with van der Waals surface area (Å²) in [5.74, 6) is -0.184. The van der Waals surface area contributed by atoms with Crippen molar-refractivity contribution in [3.63, 3.8) is 0 Å². The van der Waals surface area contributed by atoms with Gasteiger partial charge in [-0.15, -0.1) is 0 Å². The summed E-state index contributed by atoms with van der Waals surface area (Å²) < 4.78 is 14.0. The highest BCUT2D eigenvalue weighted by molar-refractivity contribution is 9.10. The Balaban J connectivity index is 2.07. The Bertz CT molecular complexity index is 356. The van der Waals surface area contributed by atoms with E-state index in [2.05, 4.69) is 20.8 Å². The van der Waals surface area contributed by atoms with Crippen LogP contribution in [0.5, 0.6) is 0 Å². The molecule has 1 aromatic carbocycles. The molecule has 0 spiro atoms. The molecule has 1 saturated heterocycles. The predicted molar refractivity (Wildman–Crippen MR) is 62.0 cm³/mol. The van der Waals surface area contributed by atoms with Gasteiger partial charge in [-0.05, 0) is 30.2 Å². The third kappa shape index (κ3) is 2.77. The van der Waals surface area contributed by atoms with Crippen molar-refractivity contribution in [2.24, 2.45) is 5.73 Å². The Morgan fingerprint density at radius 2 is 2.33 bits per heavy atom. The normalized spacial score (nSPS) is 22.2. The lowest BCUT2D eigenvalue weighted by Crippen LogP contribution is -2.26. The summed E-state index contributed by atoms with van der Waals surface area (Å²) in [6.45, 7) is 2.68. The highest BCUT2D eigenvalue weighted by Gasteiger charge is 2.19. The van der Waals surface area contributed by atoms with Crippen LogP contribution in [-0.2, 0) is 6.54 Å². The average Bonchev–Trinajstić information content (AvgIpc) is 2.58. The zero-order valence-corrected chi connectivity index (χ0v) is 10.0. The minimum absolute atomic E-state index is 0.184. The van der Waals surface area contributed by atoms with Crippen molar-refractivity contribution >= 4 is 15.9 Å². The molecule has 0 saturated carbocycles. The van der Waals surface area contributed by atoms with E-state index in [9.17, 15) is 4.39 Å². The van der Waals surface area contributed by atoms with E-state index in [1.807, 2.05) is 0 Å². The van der Waals surface area contributed by atoms with E-state index in [4.69, 9.17) is 5.73 Å². The van der Waals surface area contributed by atoms with Crippen molar-refractivity contribution < 1.29 is 4.39 Å². The van der Waals surface area contributed by atoms with Crippen molar-refractivity contribution in [1.29, 1.82) is 0 Å². The molecule has 0 aliphatic carbocycles. The molecular weight excluding hydrogens is 259 g/mol. The number of nitrogens with zero attached hydrogens (tertiary/aromatic N) is 1. The van der Waals surface area contributed by atoms with Gasteiger partial charge in [0.15, 0.2) is 0 Å². The maximum Gasteiger partial charge on any atom is 0.123 e. The average molecular weight is 273 g/mol. The Morgan fingerprint density at radius 3 is 3.00 bits per heavy atom. The lowest BCUT2D eigenvalue weighted by molar-refractivity contribution is 0.325. The maximum atomic E-state index is 13.0. The largest absolute Gasteiger partial charge is 0.326 e. The molecule has 1 fully saturated rings. The second kappa shape index (κ2) is 4.60. The van der Waals surface area contributed by atoms with Crippen LogP contribution < -0.4 is 5.73 Å². The van der Waals surface area contributed by atoms with Crippen LogP contribution in [0.1, 0.15) is 12.0 Å². The van der Waals surface area contributed by atoms with Crippen LogP contribution in [0, 0.1) is 5.82 Å². The summed E-state index contributed by atoms with van der Waals surface area (Å²) in [6.07, 6.45) is 1.03. The quantitative estimate of drug-likeness (QED) is 0.894.